The van der Waals surface area contributed by atoms with Gasteiger partial charge in [0, 0.05) is 17.0 Å². The second-order valence-corrected chi connectivity index (χ2v) is 14.0. The van der Waals surface area contributed by atoms with Crippen LogP contribution in [0.2, 0.25) is 10.0 Å². The van der Waals surface area contributed by atoms with Gasteiger partial charge in [0.2, 0.25) is 0 Å². The third-order valence-corrected chi connectivity index (χ3v) is 11.5. The third kappa shape index (κ3) is 3.80. The Morgan fingerprint density at radius 3 is 2.55 bits per heavy atom. The van der Waals surface area contributed by atoms with Crippen LogP contribution in [-0.2, 0) is 16.9 Å². The summed E-state index contributed by atoms with van der Waals surface area (Å²) in [6.07, 6.45) is 6.73. The van der Waals surface area contributed by atoms with E-state index in [2.05, 4.69) is 11.2 Å². The van der Waals surface area contributed by atoms with Crippen molar-refractivity contribution in [2.45, 2.75) is 68.7 Å². The SMILES string of the molecule is N#Cc1ccc2nc([C@@]3(O)C4CC5C[C@H]3C[C@](OCc3c(-c6c(Cl)cccc6Cl)noc3C3CC3)(C5)C4)sc2c1. The van der Waals surface area contributed by atoms with Crippen molar-refractivity contribution < 1.29 is 14.4 Å². The van der Waals surface area contributed by atoms with Crippen molar-refractivity contribution >= 4 is 44.8 Å². The van der Waals surface area contributed by atoms with Gasteiger partial charge in [-0.15, -0.1) is 11.3 Å². The van der Waals surface area contributed by atoms with E-state index in [9.17, 15) is 10.4 Å². The molecule has 5 fully saturated rings. The first-order valence-corrected chi connectivity index (χ1v) is 15.5. The first-order valence-electron chi connectivity index (χ1n) is 14.0. The van der Waals surface area contributed by atoms with E-state index < -0.39 is 5.60 Å². The monoisotopic (exact) mass is 591 g/mol. The maximum atomic E-state index is 12.3. The van der Waals surface area contributed by atoms with Gasteiger partial charge in [0.25, 0.3) is 0 Å². The molecule has 4 aromatic rings. The van der Waals surface area contributed by atoms with Crippen LogP contribution in [0, 0.1) is 29.1 Å². The van der Waals surface area contributed by atoms with Crippen molar-refractivity contribution in [1.29, 1.82) is 5.26 Å². The van der Waals surface area contributed by atoms with E-state index in [1.165, 1.54) is 11.3 Å². The molecule has 4 bridgehead atoms. The van der Waals surface area contributed by atoms with Crippen LogP contribution in [0.3, 0.4) is 0 Å². The number of halogens is 2. The minimum Gasteiger partial charge on any atom is -0.382 e. The lowest BCUT2D eigenvalue weighted by atomic mass is 9.48. The van der Waals surface area contributed by atoms with Crippen molar-refractivity contribution in [2.75, 3.05) is 0 Å². The number of nitrogens with zero attached hydrogens (tertiary/aromatic N) is 3. The van der Waals surface area contributed by atoms with Crippen LogP contribution in [0.5, 0.6) is 0 Å². The Morgan fingerprint density at radius 1 is 1.10 bits per heavy atom. The van der Waals surface area contributed by atoms with Crippen LogP contribution in [0.1, 0.15) is 72.8 Å². The first kappa shape index (κ1) is 25.3. The summed E-state index contributed by atoms with van der Waals surface area (Å²) in [5.74, 6) is 1.94. The molecule has 40 heavy (non-hydrogen) atoms. The predicted molar refractivity (Wildman–Crippen MR) is 153 cm³/mol. The molecule has 1 N–H and O–H groups in total. The number of ether oxygens (including phenoxy) is 1. The number of aromatic nitrogens is 2. The molecule has 0 spiro atoms. The van der Waals surface area contributed by atoms with E-state index >= 15 is 0 Å². The highest BCUT2D eigenvalue weighted by atomic mass is 35.5. The Hall–Kier alpha value is -2.47. The predicted octanol–water partition coefficient (Wildman–Crippen LogP) is 7.99. The van der Waals surface area contributed by atoms with E-state index in [1.54, 1.807) is 6.07 Å². The summed E-state index contributed by atoms with van der Waals surface area (Å²) in [6.45, 7) is 0.384. The van der Waals surface area contributed by atoms with Gasteiger partial charge >= 0.3 is 0 Å². The Labute approximate surface area is 245 Å². The van der Waals surface area contributed by atoms with Crippen LogP contribution < -0.4 is 0 Å². The molecule has 0 saturated heterocycles. The summed E-state index contributed by atoms with van der Waals surface area (Å²) < 4.78 is 13.7. The lowest BCUT2D eigenvalue weighted by molar-refractivity contribution is -0.250. The minimum absolute atomic E-state index is 0.0811. The summed E-state index contributed by atoms with van der Waals surface area (Å²) >= 11 is 14.7. The number of fused-ring (bicyclic) bond motifs is 1. The minimum atomic E-state index is -0.965. The van der Waals surface area contributed by atoms with Crippen molar-refractivity contribution in [3.8, 4) is 17.3 Å². The summed E-state index contributed by atoms with van der Waals surface area (Å²) in [7, 11) is 0. The second kappa shape index (κ2) is 9.01. The molecule has 5 aliphatic carbocycles. The zero-order valence-electron chi connectivity index (χ0n) is 21.7. The maximum Gasteiger partial charge on any atom is 0.145 e. The van der Waals surface area contributed by atoms with Gasteiger partial charge in [-0.2, -0.15) is 5.26 Å². The molecule has 5 saturated carbocycles. The van der Waals surface area contributed by atoms with Crippen molar-refractivity contribution in [2.24, 2.45) is 17.8 Å². The molecule has 2 heterocycles. The lowest BCUT2D eigenvalue weighted by Crippen LogP contribution is -2.62. The molecule has 2 aromatic carbocycles. The van der Waals surface area contributed by atoms with Crippen molar-refractivity contribution in [1.82, 2.24) is 10.1 Å². The van der Waals surface area contributed by atoms with Crippen molar-refractivity contribution in [3.05, 3.63) is 68.3 Å². The van der Waals surface area contributed by atoms with Crippen molar-refractivity contribution in [3.63, 3.8) is 0 Å². The highest BCUT2D eigenvalue weighted by molar-refractivity contribution is 7.18. The van der Waals surface area contributed by atoms with Gasteiger partial charge in [0.1, 0.15) is 22.1 Å². The number of hydrogen-bond acceptors (Lipinski definition) is 7. The number of rotatable bonds is 6. The molecule has 2 unspecified atom stereocenters. The van der Waals surface area contributed by atoms with Crippen LogP contribution in [0.25, 0.3) is 21.5 Å². The molecule has 2 aromatic heterocycles. The number of hydrogen-bond donors (Lipinski definition) is 1. The number of nitriles is 1. The standard InChI is InChI=1S/C31H27Cl2N3O3S/c32-22-2-1-3-23(33)26(22)27-21(28(39-36-27)18-5-6-18)15-38-30-11-17-8-19(12-30)31(37,20(9-17)13-30)29-35-24-7-4-16(14-34)10-25(24)40-29/h1-4,7,10,17-20,37H,5-6,8-9,11-13,15H2/t17?,19-,20?,30+,31-/m0/s1. The molecule has 0 radical (unpaired) electrons. The zero-order chi connectivity index (χ0) is 27.2. The topological polar surface area (TPSA) is 92.2 Å². The fraction of sp³-hybridized carbons (Fsp3) is 0.452. The molecular weight excluding hydrogens is 565 g/mol. The van der Waals surface area contributed by atoms with Gasteiger partial charge in [-0.05, 0) is 93.0 Å². The molecule has 204 valence electrons. The molecule has 0 amide bonds. The Balaban J connectivity index is 1.10. The molecule has 9 heteroatoms. The fourth-order valence-corrected chi connectivity index (χ4v) is 9.71. The smallest absolute Gasteiger partial charge is 0.145 e. The highest BCUT2D eigenvalue weighted by Crippen LogP contribution is 2.65. The van der Waals surface area contributed by atoms with E-state index in [0.717, 1.165) is 71.5 Å². The molecular formula is C31H27Cl2N3O3S. The van der Waals surface area contributed by atoms with Gasteiger partial charge in [0.15, 0.2) is 0 Å². The molecule has 5 atom stereocenters. The summed E-state index contributed by atoms with van der Waals surface area (Å²) in [5.41, 5.74) is 2.50. The highest BCUT2D eigenvalue weighted by Gasteiger charge is 2.64. The normalized spacial score (nSPS) is 30.7. The third-order valence-electron chi connectivity index (χ3n) is 9.73. The van der Waals surface area contributed by atoms with Gasteiger partial charge in [-0.25, -0.2) is 4.98 Å². The van der Waals surface area contributed by atoms with Crippen LogP contribution in [0.15, 0.2) is 40.9 Å². The summed E-state index contributed by atoms with van der Waals surface area (Å²) in [6, 6.07) is 13.2. The quantitative estimate of drug-likeness (QED) is 0.244. The van der Waals surface area contributed by atoms with Gasteiger partial charge in [-0.3, -0.25) is 0 Å². The largest absolute Gasteiger partial charge is 0.382 e. The lowest BCUT2D eigenvalue weighted by Gasteiger charge is -2.62. The zero-order valence-corrected chi connectivity index (χ0v) is 24.0. The Kier molecular flexibility index (Phi) is 5.69. The average molecular weight is 593 g/mol. The maximum absolute atomic E-state index is 12.3. The van der Waals surface area contributed by atoms with Crippen LogP contribution >= 0.6 is 34.5 Å². The van der Waals surface area contributed by atoms with Crippen LogP contribution in [0.4, 0.5) is 0 Å². The number of aliphatic hydroxyl groups is 1. The van der Waals surface area contributed by atoms with Gasteiger partial charge in [-0.1, -0.05) is 34.4 Å². The molecule has 5 aliphatic rings. The Morgan fingerprint density at radius 2 is 1.85 bits per heavy atom. The first-order chi connectivity index (χ1) is 19.4. The fourth-order valence-electron chi connectivity index (χ4n) is 7.88. The second-order valence-electron chi connectivity index (χ2n) is 12.2. The number of thiazole rings is 1. The van der Waals surface area contributed by atoms with Gasteiger partial charge in [0.05, 0.1) is 44.1 Å². The average Bonchev–Trinajstić information content (AvgIpc) is 3.55. The molecule has 0 aliphatic heterocycles. The molecule has 6 nitrogen and oxygen atoms in total. The van der Waals surface area contributed by atoms with E-state index in [-0.39, 0.29) is 17.4 Å². The summed E-state index contributed by atoms with van der Waals surface area (Å²) in [4.78, 5) is 4.89. The number of benzene rings is 2. The van der Waals surface area contributed by atoms with Gasteiger partial charge < -0.3 is 14.4 Å². The van der Waals surface area contributed by atoms with Crippen LogP contribution in [-0.4, -0.2) is 20.8 Å². The van der Waals surface area contributed by atoms with E-state index in [4.69, 9.17) is 37.4 Å². The van der Waals surface area contributed by atoms with E-state index in [1.807, 2.05) is 30.3 Å². The van der Waals surface area contributed by atoms with E-state index in [0.29, 0.717) is 45.3 Å². The Bertz CT molecular complexity index is 1670. The molecule has 9 rings (SSSR count). The summed E-state index contributed by atoms with van der Waals surface area (Å²) in [5, 5.41) is 27.9.